The molecule has 5 nitrogen and oxygen atoms in total. The number of aliphatic hydroxyl groups is 1. The number of carbonyl (C=O) groups is 2. The molecule has 1 spiro atoms. The predicted octanol–water partition coefficient (Wildman–Crippen LogP) is 0.808. The number of esters is 2. The van der Waals surface area contributed by atoms with Gasteiger partial charge in [-0.1, -0.05) is 6.08 Å². The summed E-state index contributed by atoms with van der Waals surface area (Å²) in [7, 11) is 1.39. The molecule has 6 atom stereocenters. The number of hydrogen-bond acceptors (Lipinski definition) is 5. The van der Waals surface area contributed by atoms with E-state index in [-0.39, 0.29) is 35.8 Å². The molecule has 0 aromatic heterocycles. The molecule has 20 heavy (non-hydrogen) atoms. The quantitative estimate of drug-likeness (QED) is 0.719. The highest BCUT2D eigenvalue weighted by atomic mass is 16.6. The van der Waals surface area contributed by atoms with Crippen molar-refractivity contribution in [3.63, 3.8) is 0 Å². The molecule has 5 rings (SSSR count). The predicted molar refractivity (Wildman–Crippen MR) is 67.4 cm³/mol. The van der Waals surface area contributed by atoms with Gasteiger partial charge in [-0.25, -0.2) is 4.79 Å². The van der Waals surface area contributed by atoms with Gasteiger partial charge in [0.05, 0.1) is 7.11 Å². The van der Waals surface area contributed by atoms with Gasteiger partial charge >= 0.3 is 11.9 Å². The zero-order valence-electron chi connectivity index (χ0n) is 11.4. The maximum atomic E-state index is 12.4. The van der Waals surface area contributed by atoms with Crippen molar-refractivity contribution in [3.05, 3.63) is 11.6 Å². The number of carbonyl (C=O) groups excluding carboxylic acids is 2. The van der Waals surface area contributed by atoms with E-state index in [0.717, 1.165) is 19.3 Å². The Morgan fingerprint density at radius 3 is 2.95 bits per heavy atom. The lowest BCUT2D eigenvalue weighted by Gasteiger charge is -2.54. The highest BCUT2D eigenvalue weighted by molar-refractivity contribution is 5.91. The van der Waals surface area contributed by atoms with Crippen LogP contribution in [-0.4, -0.2) is 36.4 Å². The molecule has 5 aliphatic rings. The largest absolute Gasteiger partial charge is 0.466 e. The summed E-state index contributed by atoms with van der Waals surface area (Å²) in [5.41, 5.74) is -0.103. The highest BCUT2D eigenvalue weighted by Gasteiger charge is 2.71. The van der Waals surface area contributed by atoms with Gasteiger partial charge in [0, 0.05) is 5.57 Å². The van der Waals surface area contributed by atoms with Crippen LogP contribution in [0.25, 0.3) is 0 Å². The van der Waals surface area contributed by atoms with E-state index in [4.69, 9.17) is 9.47 Å². The van der Waals surface area contributed by atoms with E-state index in [1.807, 2.05) is 6.08 Å². The van der Waals surface area contributed by atoms with Crippen LogP contribution in [0.3, 0.4) is 0 Å². The van der Waals surface area contributed by atoms with Crippen LogP contribution in [-0.2, 0) is 19.1 Å². The van der Waals surface area contributed by atoms with Crippen molar-refractivity contribution in [3.8, 4) is 0 Å². The summed E-state index contributed by atoms with van der Waals surface area (Å²) in [6.45, 7) is 0. The lowest BCUT2D eigenvalue weighted by molar-refractivity contribution is -0.161. The van der Waals surface area contributed by atoms with E-state index in [2.05, 4.69) is 0 Å². The maximum Gasteiger partial charge on any atom is 0.333 e. The molecule has 0 unspecified atom stereocenters. The van der Waals surface area contributed by atoms with Crippen molar-refractivity contribution in [1.29, 1.82) is 0 Å². The molecule has 1 saturated heterocycles. The highest BCUT2D eigenvalue weighted by Crippen LogP contribution is 2.64. The molecule has 2 saturated carbocycles. The first-order valence-electron chi connectivity index (χ1n) is 7.30. The zero-order chi connectivity index (χ0) is 14.1. The van der Waals surface area contributed by atoms with Crippen molar-refractivity contribution in [2.45, 2.75) is 37.9 Å². The first kappa shape index (κ1) is 12.4. The number of fused-ring (bicyclic) bond motifs is 2. The molecular formula is C15H18O5. The molecule has 1 aliphatic heterocycles. The molecule has 4 aliphatic carbocycles. The van der Waals surface area contributed by atoms with Crippen LogP contribution < -0.4 is 0 Å². The first-order chi connectivity index (χ1) is 9.60. The van der Waals surface area contributed by atoms with Crippen LogP contribution in [0.5, 0.6) is 0 Å². The molecule has 1 N–H and O–H groups in total. The summed E-state index contributed by atoms with van der Waals surface area (Å²) in [5, 5.41) is 10.6. The zero-order valence-corrected chi connectivity index (χ0v) is 11.4. The Bertz CT molecular complexity index is 524. The van der Waals surface area contributed by atoms with Crippen LogP contribution in [0, 0.1) is 23.2 Å². The number of methoxy groups -OCH3 is 1. The summed E-state index contributed by atoms with van der Waals surface area (Å²) in [6, 6.07) is 0. The van der Waals surface area contributed by atoms with Gasteiger partial charge in [-0.05, 0) is 43.4 Å². The van der Waals surface area contributed by atoms with Gasteiger partial charge in [0.2, 0.25) is 0 Å². The molecule has 0 radical (unpaired) electrons. The van der Waals surface area contributed by atoms with Crippen LogP contribution in [0.4, 0.5) is 0 Å². The van der Waals surface area contributed by atoms with Crippen molar-refractivity contribution < 1.29 is 24.2 Å². The van der Waals surface area contributed by atoms with Crippen molar-refractivity contribution in [2.75, 3.05) is 7.11 Å². The molecule has 0 aromatic rings. The fourth-order valence-corrected chi connectivity index (χ4v) is 5.15. The van der Waals surface area contributed by atoms with Gasteiger partial charge in [0.1, 0.15) is 17.6 Å². The second kappa shape index (κ2) is 3.85. The summed E-state index contributed by atoms with van der Waals surface area (Å²) in [4.78, 5) is 24.4. The molecule has 108 valence electrons. The third kappa shape index (κ3) is 1.18. The normalized spacial score (nSPS) is 48.4. The fraction of sp³-hybridized carbons (Fsp3) is 0.733. The topological polar surface area (TPSA) is 72.8 Å². The second-order valence-electron chi connectivity index (χ2n) is 6.41. The minimum atomic E-state index is -0.802. The number of allylic oxidation sites excluding steroid dienone is 1. The standard InChI is InChI=1S/C15H18O5/c1-19-13(17)9-6-7-2-3-8(9)10-4-5-11-12(16)15(7,10)14(18)20-11/h6-8,10-12,16H,2-5H2,1H3/t7-,8+,10+,11-,12-,15+/m0/s1. The third-order valence-corrected chi connectivity index (χ3v) is 5.92. The van der Waals surface area contributed by atoms with E-state index in [1.54, 1.807) is 0 Å². The van der Waals surface area contributed by atoms with E-state index < -0.39 is 11.5 Å². The summed E-state index contributed by atoms with van der Waals surface area (Å²) >= 11 is 0. The number of rotatable bonds is 1. The maximum absolute atomic E-state index is 12.4. The van der Waals surface area contributed by atoms with Crippen molar-refractivity contribution >= 4 is 11.9 Å². The second-order valence-corrected chi connectivity index (χ2v) is 6.41. The van der Waals surface area contributed by atoms with Crippen LogP contribution in [0.2, 0.25) is 0 Å². The third-order valence-electron chi connectivity index (χ3n) is 5.92. The minimum absolute atomic E-state index is 0.0154. The minimum Gasteiger partial charge on any atom is -0.466 e. The van der Waals surface area contributed by atoms with Gasteiger partial charge in [0.15, 0.2) is 0 Å². The SMILES string of the molecule is COC(=O)C1=C[C@@H]2CC[C@H]1[C@H]1CC[C@@H]3OC(=O)[C@]21[C@H]3O. The van der Waals surface area contributed by atoms with Gasteiger partial charge in [-0.2, -0.15) is 0 Å². The smallest absolute Gasteiger partial charge is 0.333 e. The monoisotopic (exact) mass is 278 g/mol. The molecule has 5 heteroatoms. The van der Waals surface area contributed by atoms with Crippen LogP contribution in [0.15, 0.2) is 11.6 Å². The Balaban J connectivity index is 1.85. The summed E-state index contributed by atoms with van der Waals surface area (Å²) in [5.74, 6) is -0.611. The van der Waals surface area contributed by atoms with Crippen LogP contribution in [0.1, 0.15) is 25.7 Å². The van der Waals surface area contributed by atoms with E-state index in [0.29, 0.717) is 12.0 Å². The molecule has 0 aromatic carbocycles. The Hall–Kier alpha value is -1.36. The number of ether oxygens (including phenoxy) is 2. The van der Waals surface area contributed by atoms with Crippen molar-refractivity contribution in [1.82, 2.24) is 0 Å². The first-order valence-corrected chi connectivity index (χ1v) is 7.30. The Morgan fingerprint density at radius 2 is 2.20 bits per heavy atom. The average molecular weight is 278 g/mol. The van der Waals surface area contributed by atoms with E-state index >= 15 is 0 Å². The van der Waals surface area contributed by atoms with Gasteiger partial charge in [0.25, 0.3) is 0 Å². The average Bonchev–Trinajstić information content (AvgIpc) is 2.63. The molecular weight excluding hydrogens is 260 g/mol. The molecule has 3 fully saturated rings. The Kier molecular flexibility index (Phi) is 2.38. The lowest BCUT2D eigenvalue weighted by Crippen LogP contribution is -2.60. The molecule has 4 bridgehead atoms. The number of hydrogen-bond donors (Lipinski definition) is 1. The van der Waals surface area contributed by atoms with E-state index in [1.165, 1.54) is 7.11 Å². The van der Waals surface area contributed by atoms with Crippen LogP contribution >= 0.6 is 0 Å². The fourth-order valence-electron chi connectivity index (χ4n) is 5.15. The van der Waals surface area contributed by atoms with Crippen molar-refractivity contribution in [2.24, 2.45) is 23.2 Å². The van der Waals surface area contributed by atoms with Gasteiger partial charge in [-0.15, -0.1) is 0 Å². The lowest BCUT2D eigenvalue weighted by atomic mass is 9.46. The van der Waals surface area contributed by atoms with Gasteiger partial charge < -0.3 is 14.6 Å². The molecule has 1 heterocycles. The Morgan fingerprint density at radius 1 is 1.40 bits per heavy atom. The number of aliphatic hydroxyl groups excluding tert-OH is 1. The summed E-state index contributed by atoms with van der Waals surface area (Å²) < 4.78 is 10.3. The molecule has 0 amide bonds. The van der Waals surface area contributed by atoms with E-state index in [9.17, 15) is 14.7 Å². The van der Waals surface area contributed by atoms with Gasteiger partial charge in [-0.3, -0.25) is 4.79 Å². The summed E-state index contributed by atoms with van der Waals surface area (Å²) in [6.07, 6.45) is 4.04. The Labute approximate surface area is 116 Å².